The van der Waals surface area contributed by atoms with Crippen molar-refractivity contribution in [3.63, 3.8) is 0 Å². The SMILES string of the molecule is N#CC1(C(=O)C2CCOCC2)CCC1. The van der Waals surface area contributed by atoms with Gasteiger partial charge >= 0.3 is 0 Å². The van der Waals surface area contributed by atoms with Gasteiger partial charge in [0.15, 0.2) is 5.78 Å². The number of carbonyl (C=O) groups is 1. The van der Waals surface area contributed by atoms with Crippen LogP contribution in [-0.2, 0) is 9.53 Å². The molecular formula is C11H15NO2. The second-order valence-corrected chi connectivity index (χ2v) is 4.30. The molecule has 0 spiro atoms. The van der Waals surface area contributed by atoms with Crippen molar-refractivity contribution < 1.29 is 9.53 Å². The Kier molecular flexibility index (Phi) is 2.56. The maximum absolute atomic E-state index is 12.1. The fraction of sp³-hybridized carbons (Fsp3) is 0.818. The van der Waals surface area contributed by atoms with E-state index in [-0.39, 0.29) is 11.7 Å². The van der Waals surface area contributed by atoms with Crippen molar-refractivity contribution in [2.75, 3.05) is 13.2 Å². The highest BCUT2D eigenvalue weighted by atomic mass is 16.5. The van der Waals surface area contributed by atoms with Crippen LogP contribution in [0.2, 0.25) is 0 Å². The lowest BCUT2D eigenvalue weighted by Crippen LogP contribution is -2.42. The van der Waals surface area contributed by atoms with Crippen LogP contribution < -0.4 is 0 Å². The van der Waals surface area contributed by atoms with E-state index in [4.69, 9.17) is 10.00 Å². The Hall–Kier alpha value is -0.880. The molecule has 0 aromatic heterocycles. The Morgan fingerprint density at radius 3 is 2.43 bits per heavy atom. The van der Waals surface area contributed by atoms with Gasteiger partial charge in [-0.3, -0.25) is 4.79 Å². The predicted molar refractivity (Wildman–Crippen MR) is 50.4 cm³/mol. The van der Waals surface area contributed by atoms with Crippen molar-refractivity contribution in [2.45, 2.75) is 32.1 Å². The van der Waals surface area contributed by atoms with Crippen LogP contribution in [0, 0.1) is 22.7 Å². The van der Waals surface area contributed by atoms with Crippen LogP contribution in [0.15, 0.2) is 0 Å². The highest BCUT2D eigenvalue weighted by Gasteiger charge is 2.47. The summed E-state index contributed by atoms with van der Waals surface area (Å²) in [6.45, 7) is 1.36. The topological polar surface area (TPSA) is 50.1 Å². The lowest BCUT2D eigenvalue weighted by atomic mass is 9.63. The van der Waals surface area contributed by atoms with Gasteiger partial charge in [-0.2, -0.15) is 5.26 Å². The van der Waals surface area contributed by atoms with Crippen LogP contribution in [0.3, 0.4) is 0 Å². The van der Waals surface area contributed by atoms with Crippen molar-refractivity contribution in [1.29, 1.82) is 5.26 Å². The molecule has 0 aromatic carbocycles. The van der Waals surface area contributed by atoms with Crippen LogP contribution >= 0.6 is 0 Å². The molecular weight excluding hydrogens is 178 g/mol. The lowest BCUT2D eigenvalue weighted by Gasteiger charge is -2.37. The summed E-state index contributed by atoms with van der Waals surface area (Å²) in [6, 6.07) is 2.22. The number of nitriles is 1. The van der Waals surface area contributed by atoms with E-state index in [1.807, 2.05) is 0 Å². The van der Waals surface area contributed by atoms with E-state index in [0.29, 0.717) is 13.2 Å². The first kappa shape index (κ1) is 9.67. The van der Waals surface area contributed by atoms with Gasteiger partial charge in [0, 0.05) is 19.1 Å². The molecule has 3 heteroatoms. The Labute approximate surface area is 84.0 Å². The Bertz CT molecular complexity index is 270. The molecule has 2 fully saturated rings. The molecule has 1 saturated heterocycles. The molecule has 14 heavy (non-hydrogen) atoms. The maximum atomic E-state index is 12.1. The van der Waals surface area contributed by atoms with Crippen LogP contribution in [0.5, 0.6) is 0 Å². The quantitative estimate of drug-likeness (QED) is 0.670. The summed E-state index contributed by atoms with van der Waals surface area (Å²) in [5.74, 6) is 0.276. The molecule has 0 atom stereocenters. The molecule has 76 valence electrons. The van der Waals surface area contributed by atoms with E-state index < -0.39 is 5.41 Å². The zero-order valence-electron chi connectivity index (χ0n) is 8.29. The standard InChI is InChI=1S/C11H15NO2/c12-8-11(4-1-5-11)10(13)9-2-6-14-7-3-9/h9H,1-7H2. The van der Waals surface area contributed by atoms with Crippen molar-refractivity contribution in [1.82, 2.24) is 0 Å². The molecule has 0 aromatic rings. The Morgan fingerprint density at radius 1 is 1.36 bits per heavy atom. The van der Waals surface area contributed by atoms with Crippen molar-refractivity contribution in [3.8, 4) is 6.07 Å². The molecule has 1 aliphatic heterocycles. The van der Waals surface area contributed by atoms with Gasteiger partial charge in [0.25, 0.3) is 0 Å². The van der Waals surface area contributed by atoms with Crippen molar-refractivity contribution >= 4 is 5.78 Å². The van der Waals surface area contributed by atoms with Gasteiger partial charge < -0.3 is 4.74 Å². The molecule has 0 radical (unpaired) electrons. The monoisotopic (exact) mass is 193 g/mol. The second-order valence-electron chi connectivity index (χ2n) is 4.30. The van der Waals surface area contributed by atoms with Gasteiger partial charge in [-0.25, -0.2) is 0 Å². The molecule has 0 unspecified atom stereocenters. The summed E-state index contributed by atoms with van der Waals surface area (Å²) in [5.41, 5.74) is -0.609. The number of hydrogen-bond acceptors (Lipinski definition) is 3. The summed E-state index contributed by atoms with van der Waals surface area (Å²) in [4.78, 5) is 12.1. The minimum absolute atomic E-state index is 0.0868. The summed E-state index contributed by atoms with van der Waals surface area (Å²) < 4.78 is 5.21. The van der Waals surface area contributed by atoms with Gasteiger partial charge in [0.1, 0.15) is 5.41 Å². The Morgan fingerprint density at radius 2 is 2.00 bits per heavy atom. The smallest absolute Gasteiger partial charge is 0.156 e. The van der Waals surface area contributed by atoms with E-state index in [1.54, 1.807) is 0 Å². The van der Waals surface area contributed by atoms with E-state index in [1.165, 1.54) is 0 Å². The molecule has 0 amide bonds. The lowest BCUT2D eigenvalue weighted by molar-refractivity contribution is -0.136. The third-order valence-corrected chi connectivity index (χ3v) is 3.48. The highest BCUT2D eigenvalue weighted by molar-refractivity contribution is 5.90. The fourth-order valence-corrected chi connectivity index (χ4v) is 2.29. The summed E-state index contributed by atoms with van der Waals surface area (Å²) in [5, 5.41) is 9.04. The molecule has 3 nitrogen and oxygen atoms in total. The number of ketones is 1. The zero-order chi connectivity index (χ0) is 10.0. The van der Waals surface area contributed by atoms with Gasteiger partial charge in [0.2, 0.25) is 0 Å². The van der Waals surface area contributed by atoms with Gasteiger partial charge in [0.05, 0.1) is 6.07 Å². The highest BCUT2D eigenvalue weighted by Crippen LogP contribution is 2.44. The first-order valence-electron chi connectivity index (χ1n) is 5.32. The number of ether oxygens (including phenoxy) is 1. The van der Waals surface area contributed by atoms with Crippen LogP contribution in [0.4, 0.5) is 0 Å². The van der Waals surface area contributed by atoms with Gasteiger partial charge in [-0.15, -0.1) is 0 Å². The number of rotatable bonds is 2. The van der Waals surface area contributed by atoms with Crippen molar-refractivity contribution in [3.05, 3.63) is 0 Å². The number of hydrogen-bond donors (Lipinski definition) is 0. The fourth-order valence-electron chi connectivity index (χ4n) is 2.29. The van der Waals surface area contributed by atoms with Crippen molar-refractivity contribution in [2.24, 2.45) is 11.3 Å². The number of Topliss-reactive ketones (excluding diaryl/α,β-unsaturated/α-hetero) is 1. The second kappa shape index (κ2) is 3.70. The van der Waals surface area contributed by atoms with E-state index in [9.17, 15) is 4.79 Å². The van der Waals surface area contributed by atoms with E-state index in [0.717, 1.165) is 32.1 Å². The minimum atomic E-state index is -0.609. The zero-order valence-corrected chi connectivity index (χ0v) is 8.29. The normalized spacial score (nSPS) is 26.2. The molecule has 1 aliphatic carbocycles. The van der Waals surface area contributed by atoms with Crippen LogP contribution in [0.1, 0.15) is 32.1 Å². The molecule has 2 rings (SSSR count). The third kappa shape index (κ3) is 1.44. The summed E-state index contributed by atoms with van der Waals surface area (Å²) >= 11 is 0. The third-order valence-electron chi connectivity index (χ3n) is 3.48. The van der Waals surface area contributed by atoms with Gasteiger partial charge in [-0.1, -0.05) is 0 Å². The van der Waals surface area contributed by atoms with Crippen LogP contribution in [-0.4, -0.2) is 19.0 Å². The average molecular weight is 193 g/mol. The van der Waals surface area contributed by atoms with Crippen LogP contribution in [0.25, 0.3) is 0 Å². The average Bonchev–Trinajstić information content (AvgIpc) is 2.18. The largest absolute Gasteiger partial charge is 0.381 e. The molecule has 1 heterocycles. The summed E-state index contributed by atoms with van der Waals surface area (Å²) in [7, 11) is 0. The molecule has 0 N–H and O–H groups in total. The predicted octanol–water partition coefficient (Wildman–Crippen LogP) is 1.68. The number of carbonyl (C=O) groups excluding carboxylic acids is 1. The molecule has 1 saturated carbocycles. The summed E-state index contributed by atoms with van der Waals surface area (Å²) in [6.07, 6.45) is 4.20. The first-order chi connectivity index (χ1) is 6.78. The molecule has 2 aliphatic rings. The maximum Gasteiger partial charge on any atom is 0.156 e. The van der Waals surface area contributed by atoms with Gasteiger partial charge in [-0.05, 0) is 32.1 Å². The first-order valence-corrected chi connectivity index (χ1v) is 5.32. The minimum Gasteiger partial charge on any atom is -0.381 e. The Balaban J connectivity index is 2.03. The number of nitrogens with zero attached hydrogens (tertiary/aromatic N) is 1. The van der Waals surface area contributed by atoms with E-state index in [2.05, 4.69) is 6.07 Å². The molecule has 0 bridgehead atoms. The van der Waals surface area contributed by atoms with E-state index >= 15 is 0 Å².